The third kappa shape index (κ3) is 6.53. The number of aromatic nitrogens is 4. The molecule has 0 saturated heterocycles. The summed E-state index contributed by atoms with van der Waals surface area (Å²) in [6.07, 6.45) is 0. The number of hydrogen-bond acceptors (Lipinski definition) is 6. The van der Waals surface area contributed by atoms with E-state index in [1.165, 1.54) is 6.07 Å². The Kier molecular flexibility index (Phi) is 9.03. The first-order valence-electron chi connectivity index (χ1n) is 9.92. The minimum atomic E-state index is -0.254. The lowest BCUT2D eigenvalue weighted by Crippen LogP contribution is -2.16. The van der Waals surface area contributed by atoms with Crippen molar-refractivity contribution in [2.45, 2.75) is 18.3 Å². The van der Waals surface area contributed by atoms with Crippen molar-refractivity contribution in [3.63, 3.8) is 0 Å². The molecule has 0 spiro atoms. The first-order chi connectivity index (χ1) is 15.3. The number of nitrogens with one attached hydrogen (secondary N) is 1. The summed E-state index contributed by atoms with van der Waals surface area (Å²) in [7, 11) is 0. The molecule has 1 aromatic heterocycles. The normalized spacial score (nSPS) is 10.5. The van der Waals surface area contributed by atoms with Crippen molar-refractivity contribution in [2.75, 3.05) is 12.3 Å². The van der Waals surface area contributed by atoms with Gasteiger partial charge in [0.25, 0.3) is 0 Å². The maximum atomic E-state index is 13.7. The van der Waals surface area contributed by atoms with Crippen molar-refractivity contribution in [3.8, 4) is 11.4 Å². The highest BCUT2D eigenvalue weighted by molar-refractivity contribution is 7.99. The molecule has 4 aromatic rings. The van der Waals surface area contributed by atoms with Crippen LogP contribution in [0.15, 0.2) is 84.0 Å². The second-order valence-corrected chi connectivity index (χ2v) is 7.82. The molecule has 0 fully saturated rings. The molecule has 0 atom stereocenters. The molecule has 0 saturated carbocycles. The number of halogens is 2. The number of nitrogens with zero attached hydrogens (tertiary/aromatic N) is 4. The molecule has 0 amide bonds. The Balaban J connectivity index is 0.00000289. The Morgan fingerprint density at radius 1 is 0.969 bits per heavy atom. The van der Waals surface area contributed by atoms with E-state index in [2.05, 4.69) is 20.8 Å². The van der Waals surface area contributed by atoms with Gasteiger partial charge in [-0.1, -0.05) is 60.3 Å². The van der Waals surface area contributed by atoms with Gasteiger partial charge in [-0.05, 0) is 46.3 Å². The second-order valence-electron chi connectivity index (χ2n) is 6.76. The third-order valence-electron chi connectivity index (χ3n) is 4.53. The minimum Gasteiger partial charge on any atom is -0.489 e. The highest BCUT2D eigenvalue weighted by Crippen LogP contribution is 2.18. The fourth-order valence-electron chi connectivity index (χ4n) is 2.97. The Morgan fingerprint density at radius 2 is 1.78 bits per heavy atom. The molecule has 0 bridgehead atoms. The lowest BCUT2D eigenvalue weighted by molar-refractivity contribution is 0.299. The van der Waals surface area contributed by atoms with E-state index in [0.717, 1.165) is 34.5 Å². The number of thioether (sulfide) groups is 1. The fourth-order valence-corrected chi connectivity index (χ4v) is 3.76. The lowest BCUT2D eigenvalue weighted by Gasteiger charge is -2.10. The van der Waals surface area contributed by atoms with Gasteiger partial charge in [-0.25, -0.2) is 4.39 Å². The number of tetrazole rings is 1. The van der Waals surface area contributed by atoms with Crippen LogP contribution < -0.4 is 10.1 Å². The van der Waals surface area contributed by atoms with Crippen LogP contribution in [0.4, 0.5) is 4.39 Å². The molecule has 166 valence electrons. The van der Waals surface area contributed by atoms with Crippen LogP contribution >= 0.6 is 24.2 Å². The van der Waals surface area contributed by atoms with Crippen molar-refractivity contribution in [1.82, 2.24) is 25.5 Å². The molecule has 0 aliphatic rings. The Hall–Kier alpha value is -2.94. The fraction of sp³-hybridized carbons (Fsp3) is 0.174. The summed E-state index contributed by atoms with van der Waals surface area (Å²) in [5.41, 5.74) is 2.58. The van der Waals surface area contributed by atoms with E-state index in [9.17, 15) is 4.39 Å². The van der Waals surface area contributed by atoms with Gasteiger partial charge in [0.1, 0.15) is 18.2 Å². The molecule has 0 radical (unpaired) electrons. The summed E-state index contributed by atoms with van der Waals surface area (Å²) in [5, 5.41) is 16.1. The van der Waals surface area contributed by atoms with Gasteiger partial charge in [0.05, 0.1) is 5.69 Å². The molecule has 9 heteroatoms. The van der Waals surface area contributed by atoms with Gasteiger partial charge in [0.2, 0.25) is 5.16 Å². The van der Waals surface area contributed by atoms with Crippen LogP contribution in [-0.2, 0) is 13.2 Å². The molecule has 3 aromatic carbocycles. The van der Waals surface area contributed by atoms with E-state index in [4.69, 9.17) is 4.74 Å². The first-order valence-corrected chi connectivity index (χ1v) is 10.9. The summed E-state index contributed by atoms with van der Waals surface area (Å²) < 4.78 is 21.2. The molecule has 1 N–H and O–H groups in total. The number of ether oxygens (including phenoxy) is 1. The molecule has 1 heterocycles. The molecule has 0 aliphatic heterocycles. The molecule has 0 aliphatic carbocycles. The van der Waals surface area contributed by atoms with Gasteiger partial charge >= 0.3 is 0 Å². The van der Waals surface area contributed by atoms with E-state index < -0.39 is 0 Å². The zero-order chi connectivity index (χ0) is 21.3. The number of rotatable bonds is 10. The zero-order valence-electron chi connectivity index (χ0n) is 17.2. The predicted molar refractivity (Wildman–Crippen MR) is 126 cm³/mol. The Morgan fingerprint density at radius 3 is 2.62 bits per heavy atom. The largest absolute Gasteiger partial charge is 0.489 e. The maximum Gasteiger partial charge on any atom is 0.214 e. The monoisotopic (exact) mass is 471 g/mol. The highest BCUT2D eigenvalue weighted by Gasteiger charge is 2.08. The SMILES string of the molecule is Cl.Fc1ccccc1COc1cccc(CNCCSc2nnnn2-c2ccccc2)c1. The van der Waals surface area contributed by atoms with E-state index in [-0.39, 0.29) is 24.8 Å². The number of para-hydroxylation sites is 1. The van der Waals surface area contributed by atoms with Crippen LogP contribution in [0.25, 0.3) is 5.69 Å². The van der Waals surface area contributed by atoms with Crippen LogP contribution in [0.2, 0.25) is 0 Å². The highest BCUT2D eigenvalue weighted by atomic mass is 35.5. The molecule has 32 heavy (non-hydrogen) atoms. The first kappa shape index (κ1) is 23.7. The van der Waals surface area contributed by atoms with Crippen LogP contribution in [0.3, 0.4) is 0 Å². The van der Waals surface area contributed by atoms with Gasteiger partial charge in [-0.15, -0.1) is 17.5 Å². The van der Waals surface area contributed by atoms with E-state index in [1.807, 2.05) is 54.6 Å². The van der Waals surface area contributed by atoms with Crippen LogP contribution in [0.5, 0.6) is 5.75 Å². The van der Waals surface area contributed by atoms with Gasteiger partial charge in [-0.2, -0.15) is 4.68 Å². The average molecular weight is 472 g/mol. The topological polar surface area (TPSA) is 64.9 Å². The second kappa shape index (κ2) is 12.2. The molecule has 4 rings (SSSR count). The van der Waals surface area contributed by atoms with Crippen molar-refractivity contribution >= 4 is 24.2 Å². The van der Waals surface area contributed by atoms with Crippen LogP contribution in [-0.4, -0.2) is 32.5 Å². The zero-order valence-corrected chi connectivity index (χ0v) is 18.9. The van der Waals surface area contributed by atoms with Crippen molar-refractivity contribution < 1.29 is 9.13 Å². The molecular weight excluding hydrogens is 449 g/mol. The summed E-state index contributed by atoms with van der Waals surface area (Å²) >= 11 is 1.60. The Bertz CT molecular complexity index is 1110. The quantitative estimate of drug-likeness (QED) is 0.267. The van der Waals surface area contributed by atoms with E-state index in [1.54, 1.807) is 34.6 Å². The van der Waals surface area contributed by atoms with E-state index >= 15 is 0 Å². The minimum absolute atomic E-state index is 0. The molecular formula is C23H23ClFN5OS. The Labute approximate surface area is 196 Å². The number of benzene rings is 3. The van der Waals surface area contributed by atoms with Gasteiger partial charge in [0.15, 0.2) is 0 Å². The third-order valence-corrected chi connectivity index (χ3v) is 5.45. The van der Waals surface area contributed by atoms with E-state index in [0.29, 0.717) is 12.1 Å². The molecule has 0 unspecified atom stereocenters. The summed E-state index contributed by atoms with van der Waals surface area (Å²) in [5.74, 6) is 1.30. The standard InChI is InChI=1S/C23H22FN5OS.ClH/c24-22-12-5-4-8-19(22)17-30-21-11-6-7-18(15-21)16-25-13-14-31-23-26-27-28-29(23)20-9-2-1-3-10-20;/h1-12,15,25H,13-14,16-17H2;1H. The van der Waals surface area contributed by atoms with Crippen LogP contribution in [0.1, 0.15) is 11.1 Å². The van der Waals surface area contributed by atoms with Crippen LogP contribution in [0, 0.1) is 5.82 Å². The predicted octanol–water partition coefficient (Wildman–Crippen LogP) is 4.68. The smallest absolute Gasteiger partial charge is 0.214 e. The van der Waals surface area contributed by atoms with Gasteiger partial charge in [0, 0.05) is 24.4 Å². The van der Waals surface area contributed by atoms with Gasteiger partial charge in [-0.3, -0.25) is 0 Å². The van der Waals surface area contributed by atoms with Crippen molar-refractivity contribution in [1.29, 1.82) is 0 Å². The maximum absolute atomic E-state index is 13.7. The van der Waals surface area contributed by atoms with Crippen molar-refractivity contribution in [3.05, 3.63) is 95.8 Å². The lowest BCUT2D eigenvalue weighted by atomic mass is 10.2. The average Bonchev–Trinajstić information content (AvgIpc) is 3.28. The molecule has 6 nitrogen and oxygen atoms in total. The summed E-state index contributed by atoms with van der Waals surface area (Å²) in [4.78, 5) is 0. The summed E-state index contributed by atoms with van der Waals surface area (Å²) in [6, 6.07) is 24.3. The van der Waals surface area contributed by atoms with Crippen molar-refractivity contribution in [2.24, 2.45) is 0 Å². The van der Waals surface area contributed by atoms with Gasteiger partial charge < -0.3 is 10.1 Å². The summed E-state index contributed by atoms with van der Waals surface area (Å²) in [6.45, 7) is 1.71. The number of hydrogen-bond donors (Lipinski definition) is 1.